The van der Waals surface area contributed by atoms with Crippen LogP contribution in [0.25, 0.3) is 0 Å². The van der Waals surface area contributed by atoms with Gasteiger partial charge in [0.15, 0.2) is 12.1 Å². The van der Waals surface area contributed by atoms with E-state index in [1.165, 1.54) is 12.1 Å². The fourth-order valence-electron chi connectivity index (χ4n) is 0. The second-order valence-electron chi connectivity index (χ2n) is 0.224. The third kappa shape index (κ3) is 118. The predicted octanol–water partition coefficient (Wildman–Crippen LogP) is -0.347. The molecule has 0 aliphatic rings. The quantitative estimate of drug-likeness (QED) is 0.373. The SMILES string of the molecule is N#CC#N.[Si]. The Morgan fingerprint density at radius 1 is 1.00 bits per heavy atom. The molecule has 4 radical (unpaired) electrons. The van der Waals surface area contributed by atoms with Crippen molar-refractivity contribution in [3.63, 3.8) is 0 Å². The fraction of sp³-hybridized carbons (Fsp3) is 0. The summed E-state index contributed by atoms with van der Waals surface area (Å²) in [7, 11) is 0. The van der Waals surface area contributed by atoms with Gasteiger partial charge in [0, 0.05) is 11.0 Å². The van der Waals surface area contributed by atoms with Crippen LogP contribution in [-0.2, 0) is 0 Å². The van der Waals surface area contributed by atoms with Crippen molar-refractivity contribution in [2.45, 2.75) is 0 Å². The van der Waals surface area contributed by atoms with Crippen LogP contribution >= 0.6 is 0 Å². The Bertz CT molecular complexity index is 62.6. The standard InChI is InChI=1S/C2N2.Si/c3-1-2-4;. The summed E-state index contributed by atoms with van der Waals surface area (Å²) < 4.78 is 0. The maximum absolute atomic E-state index is 7.26. The van der Waals surface area contributed by atoms with Crippen molar-refractivity contribution in [2.75, 3.05) is 0 Å². The molecule has 0 aromatic rings. The summed E-state index contributed by atoms with van der Waals surface area (Å²) in [5, 5.41) is 14.5. The van der Waals surface area contributed by atoms with E-state index in [4.69, 9.17) is 10.5 Å². The minimum absolute atomic E-state index is 0. The third-order valence-corrected chi connectivity index (χ3v) is 0.0500. The number of rotatable bonds is 0. The average Bonchev–Trinajstić information content (AvgIpc) is 1.37. The van der Waals surface area contributed by atoms with Crippen LogP contribution in [0.4, 0.5) is 0 Å². The Labute approximate surface area is 34.7 Å². The van der Waals surface area contributed by atoms with Gasteiger partial charge in [-0.15, -0.1) is 0 Å². The van der Waals surface area contributed by atoms with Crippen molar-refractivity contribution in [1.29, 1.82) is 10.5 Å². The molecule has 0 aliphatic heterocycles. The second-order valence-corrected chi connectivity index (χ2v) is 0.224. The highest BCUT2D eigenvalue weighted by atomic mass is 28.1. The van der Waals surface area contributed by atoms with E-state index in [1.54, 1.807) is 0 Å². The van der Waals surface area contributed by atoms with Crippen molar-refractivity contribution in [2.24, 2.45) is 0 Å². The van der Waals surface area contributed by atoms with Gasteiger partial charge in [-0.2, -0.15) is 10.5 Å². The van der Waals surface area contributed by atoms with E-state index in [0.29, 0.717) is 0 Å². The van der Waals surface area contributed by atoms with E-state index in [-0.39, 0.29) is 11.0 Å². The zero-order valence-corrected chi connectivity index (χ0v) is 3.39. The van der Waals surface area contributed by atoms with Gasteiger partial charge in [-0.25, -0.2) is 0 Å². The summed E-state index contributed by atoms with van der Waals surface area (Å²) in [6, 6.07) is 2.47. The minimum Gasteiger partial charge on any atom is -0.181 e. The minimum atomic E-state index is 0. The van der Waals surface area contributed by atoms with Crippen molar-refractivity contribution < 1.29 is 0 Å². The molecule has 0 aromatic carbocycles. The highest BCUT2D eigenvalue weighted by molar-refractivity contribution is 5.75. The molecule has 0 amide bonds. The van der Waals surface area contributed by atoms with Crippen LogP contribution in [0.3, 0.4) is 0 Å². The molecule has 0 atom stereocenters. The first-order valence-corrected chi connectivity index (χ1v) is 0.697. The van der Waals surface area contributed by atoms with Gasteiger partial charge in [0.1, 0.15) is 0 Å². The molecule has 0 spiro atoms. The topological polar surface area (TPSA) is 47.6 Å². The normalized spacial score (nSPS) is 2.00. The Morgan fingerprint density at radius 3 is 1.20 bits per heavy atom. The molecule has 0 fully saturated rings. The van der Waals surface area contributed by atoms with Gasteiger partial charge in [-0.05, 0) is 0 Å². The van der Waals surface area contributed by atoms with Gasteiger partial charge in [0.05, 0.1) is 0 Å². The molecule has 0 N–H and O–H groups in total. The summed E-state index contributed by atoms with van der Waals surface area (Å²) in [4.78, 5) is 0. The van der Waals surface area contributed by atoms with Gasteiger partial charge in [0.25, 0.3) is 0 Å². The summed E-state index contributed by atoms with van der Waals surface area (Å²) in [5.41, 5.74) is 0. The van der Waals surface area contributed by atoms with E-state index in [9.17, 15) is 0 Å². The van der Waals surface area contributed by atoms with E-state index in [1.807, 2.05) is 0 Å². The Hall–Kier alpha value is -0.803. The number of nitriles is 2. The molecule has 22 valence electrons. The molecule has 0 saturated heterocycles. The molecule has 2 nitrogen and oxygen atoms in total. The highest BCUT2D eigenvalue weighted by Gasteiger charge is 1.39. The molecule has 0 rings (SSSR count). The largest absolute Gasteiger partial charge is 0.181 e. The summed E-state index contributed by atoms with van der Waals surface area (Å²) in [5.74, 6) is 0. The molecule has 0 unspecified atom stereocenters. The molecule has 0 aliphatic carbocycles. The van der Waals surface area contributed by atoms with Gasteiger partial charge >= 0.3 is 0 Å². The molecule has 0 aromatic heterocycles. The number of hydrogen-bond acceptors (Lipinski definition) is 2. The maximum Gasteiger partial charge on any atom is 0.181 e. The highest BCUT2D eigenvalue weighted by Crippen LogP contribution is 1.27. The number of hydrogen-bond donors (Lipinski definition) is 0. The van der Waals surface area contributed by atoms with Crippen LogP contribution in [-0.4, -0.2) is 11.0 Å². The smallest absolute Gasteiger partial charge is 0.181 e. The van der Waals surface area contributed by atoms with Crippen LogP contribution < -0.4 is 0 Å². The van der Waals surface area contributed by atoms with E-state index >= 15 is 0 Å². The molecular weight excluding hydrogens is 80.1 g/mol. The first-order chi connectivity index (χ1) is 1.91. The van der Waals surface area contributed by atoms with Crippen LogP contribution in [0.5, 0.6) is 0 Å². The second kappa shape index (κ2) is 10.8. The Kier molecular flexibility index (Phi) is 19.1. The molecular formula is C2N2Si. The van der Waals surface area contributed by atoms with Crippen LogP contribution in [0.15, 0.2) is 0 Å². The average molecular weight is 80.1 g/mol. The molecule has 0 saturated carbocycles. The van der Waals surface area contributed by atoms with Crippen molar-refractivity contribution in [1.82, 2.24) is 0 Å². The monoisotopic (exact) mass is 80.0 g/mol. The molecule has 3 heteroatoms. The van der Waals surface area contributed by atoms with Crippen molar-refractivity contribution in [3.05, 3.63) is 0 Å². The Balaban J connectivity index is 0. The van der Waals surface area contributed by atoms with Gasteiger partial charge < -0.3 is 0 Å². The van der Waals surface area contributed by atoms with E-state index < -0.39 is 0 Å². The van der Waals surface area contributed by atoms with Gasteiger partial charge in [-0.3, -0.25) is 0 Å². The maximum atomic E-state index is 7.26. The zero-order valence-electron chi connectivity index (χ0n) is 2.39. The van der Waals surface area contributed by atoms with E-state index in [0.717, 1.165) is 0 Å². The first kappa shape index (κ1) is 8.89. The molecule has 0 bridgehead atoms. The van der Waals surface area contributed by atoms with Crippen LogP contribution in [0, 0.1) is 22.7 Å². The predicted molar refractivity (Wildman–Crippen MR) is 17.0 cm³/mol. The Morgan fingerprint density at radius 2 is 1.20 bits per heavy atom. The van der Waals surface area contributed by atoms with Gasteiger partial charge in [-0.1, -0.05) is 0 Å². The zero-order chi connectivity index (χ0) is 3.41. The van der Waals surface area contributed by atoms with Crippen molar-refractivity contribution >= 4 is 11.0 Å². The third-order valence-electron chi connectivity index (χ3n) is 0.0500. The lowest BCUT2D eigenvalue weighted by Gasteiger charge is -1.16. The van der Waals surface area contributed by atoms with Crippen molar-refractivity contribution in [3.8, 4) is 12.1 Å². The van der Waals surface area contributed by atoms with E-state index in [2.05, 4.69) is 0 Å². The fourth-order valence-corrected chi connectivity index (χ4v) is 0. The summed E-state index contributed by atoms with van der Waals surface area (Å²) in [6.07, 6.45) is 0. The van der Waals surface area contributed by atoms with Gasteiger partial charge in [0.2, 0.25) is 0 Å². The summed E-state index contributed by atoms with van der Waals surface area (Å²) >= 11 is 0. The summed E-state index contributed by atoms with van der Waals surface area (Å²) in [6.45, 7) is 0. The van der Waals surface area contributed by atoms with Crippen LogP contribution in [0.1, 0.15) is 0 Å². The first-order valence-electron chi connectivity index (χ1n) is 0.697. The lowest BCUT2D eigenvalue weighted by Crippen LogP contribution is -1.26. The lowest BCUT2D eigenvalue weighted by molar-refractivity contribution is 1.49. The van der Waals surface area contributed by atoms with Crippen LogP contribution in [0.2, 0.25) is 0 Å². The molecule has 5 heavy (non-hydrogen) atoms. The number of nitrogens with zero attached hydrogens (tertiary/aromatic N) is 2. The molecule has 0 heterocycles. The lowest BCUT2D eigenvalue weighted by atomic mass is 10.9.